The van der Waals surface area contributed by atoms with Crippen molar-refractivity contribution in [3.8, 4) is 5.40 Å². The van der Waals surface area contributed by atoms with E-state index < -0.39 is 11.8 Å². The quantitative estimate of drug-likeness (QED) is 0.516. The normalized spacial score (nSPS) is 9.64. The zero-order chi connectivity index (χ0) is 15.9. The van der Waals surface area contributed by atoms with Crippen molar-refractivity contribution in [2.45, 2.75) is 11.8 Å². The molecule has 0 spiro atoms. The summed E-state index contributed by atoms with van der Waals surface area (Å²) in [5.74, 6) is -1.23. The van der Waals surface area contributed by atoms with E-state index in [9.17, 15) is 9.59 Å². The van der Waals surface area contributed by atoms with Crippen molar-refractivity contribution in [1.82, 2.24) is 4.98 Å². The number of benzene rings is 1. The Morgan fingerprint density at radius 3 is 2.45 bits per heavy atom. The number of carbonyl (C=O) groups is 2. The van der Waals surface area contributed by atoms with E-state index in [1.165, 1.54) is 6.20 Å². The van der Waals surface area contributed by atoms with E-state index in [-0.39, 0.29) is 0 Å². The second kappa shape index (κ2) is 7.24. The van der Waals surface area contributed by atoms with Gasteiger partial charge in [-0.1, -0.05) is 6.07 Å². The standard InChI is InChI=1S/C15H12N4O2S/c1-10-3-2-8-17-13(10)19-15(21)14(20)18-11-4-6-12(7-5-11)22-9-16/h2-8H,1H3,(H,18,20)(H,17,19,21). The van der Waals surface area contributed by atoms with Crippen LogP contribution in [-0.2, 0) is 9.59 Å². The van der Waals surface area contributed by atoms with Crippen molar-refractivity contribution in [1.29, 1.82) is 5.26 Å². The van der Waals surface area contributed by atoms with Crippen LogP contribution in [0.1, 0.15) is 5.56 Å². The number of aromatic nitrogens is 1. The maximum Gasteiger partial charge on any atom is 0.315 e. The summed E-state index contributed by atoms with van der Waals surface area (Å²) in [6.45, 7) is 1.78. The van der Waals surface area contributed by atoms with Crippen LogP contribution in [0.2, 0.25) is 0 Å². The fourth-order valence-electron chi connectivity index (χ4n) is 1.63. The van der Waals surface area contributed by atoms with E-state index in [1.807, 2.05) is 5.40 Å². The van der Waals surface area contributed by atoms with Gasteiger partial charge in [-0.3, -0.25) is 9.59 Å². The van der Waals surface area contributed by atoms with Gasteiger partial charge in [-0.15, -0.1) is 0 Å². The number of nitriles is 1. The molecule has 110 valence electrons. The molecular weight excluding hydrogens is 300 g/mol. The highest BCUT2D eigenvalue weighted by atomic mass is 32.2. The summed E-state index contributed by atoms with van der Waals surface area (Å²) >= 11 is 1.02. The molecule has 0 atom stereocenters. The predicted octanol–water partition coefficient (Wildman–Crippen LogP) is 2.54. The molecule has 0 aliphatic carbocycles. The van der Waals surface area contributed by atoms with Crippen LogP contribution in [0, 0.1) is 17.6 Å². The number of thioether (sulfide) groups is 1. The molecule has 0 aliphatic heterocycles. The number of nitrogens with one attached hydrogen (secondary N) is 2. The van der Waals surface area contributed by atoms with Crippen LogP contribution in [0.15, 0.2) is 47.5 Å². The van der Waals surface area contributed by atoms with Crippen LogP contribution < -0.4 is 10.6 Å². The van der Waals surface area contributed by atoms with E-state index >= 15 is 0 Å². The van der Waals surface area contributed by atoms with Gasteiger partial charge in [0.2, 0.25) is 0 Å². The number of carbonyl (C=O) groups excluding carboxylic acids is 2. The van der Waals surface area contributed by atoms with Gasteiger partial charge in [-0.05, 0) is 54.6 Å². The first-order valence-electron chi connectivity index (χ1n) is 6.30. The van der Waals surface area contributed by atoms with Gasteiger partial charge < -0.3 is 10.6 Å². The van der Waals surface area contributed by atoms with Gasteiger partial charge in [0.05, 0.1) is 0 Å². The third-order valence-electron chi connectivity index (χ3n) is 2.72. The summed E-state index contributed by atoms with van der Waals surface area (Å²) in [5.41, 5.74) is 1.24. The van der Waals surface area contributed by atoms with Crippen molar-refractivity contribution in [3.05, 3.63) is 48.2 Å². The topological polar surface area (TPSA) is 94.9 Å². The smallest absolute Gasteiger partial charge is 0.315 e. The SMILES string of the molecule is Cc1cccnc1NC(=O)C(=O)Nc1ccc(SC#N)cc1. The number of thiocyanates is 1. The van der Waals surface area contributed by atoms with Crippen LogP contribution in [0.3, 0.4) is 0 Å². The first-order valence-corrected chi connectivity index (χ1v) is 7.12. The Morgan fingerprint density at radius 2 is 1.82 bits per heavy atom. The van der Waals surface area contributed by atoms with Gasteiger partial charge in [0.1, 0.15) is 11.2 Å². The van der Waals surface area contributed by atoms with Gasteiger partial charge >= 0.3 is 11.8 Å². The van der Waals surface area contributed by atoms with Crippen molar-refractivity contribution in [3.63, 3.8) is 0 Å². The van der Waals surface area contributed by atoms with Crippen LogP contribution in [0.5, 0.6) is 0 Å². The molecule has 2 aromatic rings. The Hall–Kier alpha value is -2.85. The average molecular weight is 312 g/mol. The van der Waals surface area contributed by atoms with Crippen LogP contribution >= 0.6 is 11.8 Å². The predicted molar refractivity (Wildman–Crippen MR) is 84.1 cm³/mol. The van der Waals surface area contributed by atoms with Crippen LogP contribution in [0.4, 0.5) is 11.5 Å². The molecule has 0 bridgehead atoms. The average Bonchev–Trinajstić information content (AvgIpc) is 2.51. The molecule has 0 saturated heterocycles. The van der Waals surface area contributed by atoms with Gasteiger partial charge in [-0.25, -0.2) is 4.98 Å². The Balaban J connectivity index is 1.98. The third-order valence-corrected chi connectivity index (χ3v) is 3.32. The Bertz CT molecular complexity index is 738. The van der Waals surface area contributed by atoms with Crippen molar-refractivity contribution in [2.75, 3.05) is 10.6 Å². The third kappa shape index (κ3) is 4.07. The molecule has 1 heterocycles. The second-order valence-corrected chi connectivity index (χ2v) is 5.15. The van der Waals surface area contributed by atoms with Crippen molar-refractivity contribution >= 4 is 35.1 Å². The number of pyridine rings is 1. The van der Waals surface area contributed by atoms with Crippen LogP contribution in [0.25, 0.3) is 0 Å². The van der Waals surface area contributed by atoms with Gasteiger partial charge in [0, 0.05) is 16.8 Å². The fourth-order valence-corrected chi connectivity index (χ4v) is 2.01. The first kappa shape index (κ1) is 15.5. The number of aryl methyl sites for hydroxylation is 1. The Labute approximate surface area is 131 Å². The van der Waals surface area contributed by atoms with E-state index in [4.69, 9.17) is 5.26 Å². The Kier molecular flexibility index (Phi) is 5.11. The lowest BCUT2D eigenvalue weighted by Crippen LogP contribution is -2.29. The molecule has 2 rings (SSSR count). The summed E-state index contributed by atoms with van der Waals surface area (Å²) in [5, 5.41) is 15.4. The molecule has 2 N–H and O–H groups in total. The number of hydrogen-bond acceptors (Lipinski definition) is 5. The molecule has 0 fully saturated rings. The number of anilines is 2. The largest absolute Gasteiger partial charge is 0.318 e. The molecule has 2 amide bonds. The molecular formula is C15H12N4O2S. The maximum absolute atomic E-state index is 11.8. The van der Waals surface area contributed by atoms with E-state index in [0.717, 1.165) is 22.2 Å². The van der Waals surface area contributed by atoms with Gasteiger partial charge in [0.15, 0.2) is 0 Å². The minimum Gasteiger partial charge on any atom is -0.318 e. The summed E-state index contributed by atoms with van der Waals surface area (Å²) in [4.78, 5) is 28.4. The lowest BCUT2D eigenvalue weighted by molar-refractivity contribution is -0.133. The molecule has 1 aromatic heterocycles. The highest BCUT2D eigenvalue weighted by Gasteiger charge is 2.15. The van der Waals surface area contributed by atoms with Gasteiger partial charge in [0.25, 0.3) is 0 Å². The van der Waals surface area contributed by atoms with Crippen molar-refractivity contribution < 1.29 is 9.59 Å². The molecule has 6 nitrogen and oxygen atoms in total. The maximum atomic E-state index is 11.8. The Morgan fingerprint density at radius 1 is 1.14 bits per heavy atom. The zero-order valence-corrected chi connectivity index (χ0v) is 12.5. The highest BCUT2D eigenvalue weighted by molar-refractivity contribution is 8.03. The first-order chi connectivity index (χ1) is 10.6. The zero-order valence-electron chi connectivity index (χ0n) is 11.7. The lowest BCUT2D eigenvalue weighted by Gasteiger charge is -2.07. The summed E-state index contributed by atoms with van der Waals surface area (Å²) in [7, 11) is 0. The number of amides is 2. The summed E-state index contributed by atoms with van der Waals surface area (Å²) in [6.07, 6.45) is 1.53. The molecule has 1 aromatic carbocycles. The second-order valence-electron chi connectivity index (χ2n) is 4.29. The molecule has 0 aliphatic rings. The highest BCUT2D eigenvalue weighted by Crippen LogP contribution is 2.19. The van der Waals surface area contributed by atoms with E-state index in [0.29, 0.717) is 11.5 Å². The lowest BCUT2D eigenvalue weighted by atomic mass is 10.3. The molecule has 22 heavy (non-hydrogen) atoms. The molecule has 0 radical (unpaired) electrons. The number of nitrogens with zero attached hydrogens (tertiary/aromatic N) is 2. The molecule has 7 heteroatoms. The molecule has 0 unspecified atom stereocenters. The van der Waals surface area contributed by atoms with Crippen LogP contribution in [-0.4, -0.2) is 16.8 Å². The number of hydrogen-bond donors (Lipinski definition) is 2. The molecule has 0 saturated carbocycles. The fraction of sp³-hybridized carbons (Fsp3) is 0.0667. The van der Waals surface area contributed by atoms with Gasteiger partial charge in [-0.2, -0.15) is 5.26 Å². The minimum atomic E-state index is -0.794. The number of rotatable bonds is 3. The monoisotopic (exact) mass is 312 g/mol. The minimum absolute atomic E-state index is 0.350. The van der Waals surface area contributed by atoms with E-state index in [1.54, 1.807) is 43.3 Å². The van der Waals surface area contributed by atoms with Crippen molar-refractivity contribution in [2.24, 2.45) is 0 Å². The van der Waals surface area contributed by atoms with E-state index in [2.05, 4.69) is 15.6 Å². The summed E-state index contributed by atoms with van der Waals surface area (Å²) in [6, 6.07) is 10.1. The summed E-state index contributed by atoms with van der Waals surface area (Å²) < 4.78 is 0.